The quantitative estimate of drug-likeness (QED) is 0.157. The number of benzene rings is 4. The first-order chi connectivity index (χ1) is 21.9. The maximum atomic E-state index is 14.5. The lowest BCUT2D eigenvalue weighted by molar-refractivity contribution is -0.140. The molecule has 1 N–H and O–H groups in total. The minimum Gasteiger partial charge on any atom is -0.354 e. The summed E-state index contributed by atoms with van der Waals surface area (Å²) in [6.45, 7) is 3.39. The zero-order valence-electron chi connectivity index (χ0n) is 25.2. The first kappa shape index (κ1) is 35.2. The van der Waals surface area contributed by atoms with Gasteiger partial charge in [-0.3, -0.25) is 13.9 Å². The van der Waals surface area contributed by atoms with E-state index < -0.39 is 40.2 Å². The number of amides is 2. The summed E-state index contributed by atoms with van der Waals surface area (Å²) in [6, 6.07) is 23.8. The van der Waals surface area contributed by atoms with Crippen LogP contribution in [0.5, 0.6) is 0 Å². The molecular formula is C34H33Cl3FN3O4S. The molecule has 12 heteroatoms. The molecule has 4 aromatic carbocycles. The van der Waals surface area contributed by atoms with Gasteiger partial charge in [0.1, 0.15) is 18.4 Å². The molecule has 0 aromatic heterocycles. The normalized spacial score (nSPS) is 12.1. The van der Waals surface area contributed by atoms with Crippen LogP contribution >= 0.6 is 34.8 Å². The molecule has 0 bridgehead atoms. The number of anilines is 1. The van der Waals surface area contributed by atoms with Crippen LogP contribution in [0.25, 0.3) is 0 Å². The van der Waals surface area contributed by atoms with Crippen LogP contribution in [0.1, 0.15) is 25.0 Å². The summed E-state index contributed by atoms with van der Waals surface area (Å²) in [5.41, 5.74) is 1.25. The Labute approximate surface area is 283 Å². The fourth-order valence-electron chi connectivity index (χ4n) is 4.70. The third kappa shape index (κ3) is 9.00. The molecule has 4 rings (SSSR count). The van der Waals surface area contributed by atoms with Crippen LogP contribution in [0.2, 0.25) is 15.1 Å². The van der Waals surface area contributed by atoms with Crippen LogP contribution in [0.3, 0.4) is 0 Å². The number of nitrogens with zero attached hydrogens (tertiary/aromatic N) is 2. The average Bonchev–Trinajstić information content (AvgIpc) is 3.03. The van der Waals surface area contributed by atoms with Gasteiger partial charge in [0.2, 0.25) is 11.8 Å². The Balaban J connectivity index is 1.83. The zero-order chi connectivity index (χ0) is 33.4. The Hall–Kier alpha value is -3.63. The number of rotatable bonds is 13. The monoisotopic (exact) mass is 703 g/mol. The van der Waals surface area contributed by atoms with Crippen molar-refractivity contribution in [3.63, 3.8) is 0 Å². The highest BCUT2D eigenvalue weighted by atomic mass is 35.5. The predicted molar refractivity (Wildman–Crippen MR) is 181 cm³/mol. The Bertz CT molecular complexity index is 1780. The van der Waals surface area contributed by atoms with Gasteiger partial charge in [0, 0.05) is 29.6 Å². The van der Waals surface area contributed by atoms with E-state index in [1.807, 2.05) is 44.2 Å². The Morgan fingerprint density at radius 3 is 2.11 bits per heavy atom. The van der Waals surface area contributed by atoms with E-state index in [0.717, 1.165) is 22.0 Å². The smallest absolute Gasteiger partial charge is 0.264 e. The molecule has 0 unspecified atom stereocenters. The molecule has 0 saturated heterocycles. The molecule has 0 heterocycles. The topological polar surface area (TPSA) is 86.8 Å². The number of nitrogens with one attached hydrogen (secondary N) is 1. The van der Waals surface area contributed by atoms with Crippen molar-refractivity contribution >= 4 is 62.3 Å². The second kappa shape index (κ2) is 15.8. The number of carbonyl (C=O) groups excluding carboxylic acids is 2. The molecule has 0 aliphatic carbocycles. The lowest BCUT2D eigenvalue weighted by Crippen LogP contribution is -2.53. The summed E-state index contributed by atoms with van der Waals surface area (Å²) >= 11 is 18.7. The highest BCUT2D eigenvalue weighted by Gasteiger charge is 2.35. The highest BCUT2D eigenvalue weighted by molar-refractivity contribution is 7.92. The third-order valence-electron chi connectivity index (χ3n) is 7.11. The first-order valence-corrected chi connectivity index (χ1v) is 17.0. The molecule has 0 spiro atoms. The maximum absolute atomic E-state index is 14.5. The Morgan fingerprint density at radius 2 is 1.50 bits per heavy atom. The van der Waals surface area contributed by atoms with E-state index in [0.29, 0.717) is 17.1 Å². The summed E-state index contributed by atoms with van der Waals surface area (Å²) in [4.78, 5) is 29.5. The lowest BCUT2D eigenvalue weighted by Gasteiger charge is -2.34. The van der Waals surface area contributed by atoms with Crippen molar-refractivity contribution in [3.05, 3.63) is 129 Å². The minimum absolute atomic E-state index is 0.0306. The summed E-state index contributed by atoms with van der Waals surface area (Å²) < 4.78 is 43.1. The van der Waals surface area contributed by atoms with E-state index in [1.54, 1.807) is 30.3 Å². The average molecular weight is 705 g/mol. The fraction of sp³-hybridized carbons (Fsp3) is 0.235. The number of hydrogen-bond acceptors (Lipinski definition) is 4. The summed E-state index contributed by atoms with van der Waals surface area (Å²) in [7, 11) is -4.36. The van der Waals surface area contributed by atoms with Crippen LogP contribution < -0.4 is 9.62 Å². The van der Waals surface area contributed by atoms with Gasteiger partial charge in [0.25, 0.3) is 10.0 Å². The number of carbonyl (C=O) groups is 2. The number of halogens is 4. The zero-order valence-corrected chi connectivity index (χ0v) is 28.3. The van der Waals surface area contributed by atoms with Crippen molar-refractivity contribution in [2.24, 2.45) is 5.92 Å². The van der Waals surface area contributed by atoms with Crippen molar-refractivity contribution in [1.82, 2.24) is 10.2 Å². The van der Waals surface area contributed by atoms with Gasteiger partial charge in [-0.1, -0.05) is 103 Å². The maximum Gasteiger partial charge on any atom is 0.264 e. The number of sulfonamides is 1. The van der Waals surface area contributed by atoms with Crippen LogP contribution in [0.4, 0.5) is 10.1 Å². The molecule has 2 amide bonds. The van der Waals surface area contributed by atoms with Crippen molar-refractivity contribution in [1.29, 1.82) is 0 Å². The van der Waals surface area contributed by atoms with Crippen LogP contribution in [-0.2, 0) is 32.6 Å². The van der Waals surface area contributed by atoms with E-state index in [-0.39, 0.29) is 39.5 Å². The van der Waals surface area contributed by atoms with Crippen LogP contribution in [0, 0.1) is 11.7 Å². The van der Waals surface area contributed by atoms with Crippen LogP contribution in [-0.4, -0.2) is 44.3 Å². The summed E-state index contributed by atoms with van der Waals surface area (Å²) in [5, 5.41) is 3.26. The first-order valence-electron chi connectivity index (χ1n) is 14.4. The van der Waals surface area contributed by atoms with Gasteiger partial charge in [-0.05, 0) is 59.5 Å². The fourth-order valence-corrected chi connectivity index (χ4v) is 6.77. The molecule has 0 aliphatic rings. The Kier molecular flexibility index (Phi) is 12.1. The summed E-state index contributed by atoms with van der Waals surface area (Å²) in [6.07, 6.45) is 0.134. The van der Waals surface area contributed by atoms with E-state index in [2.05, 4.69) is 5.32 Å². The molecule has 1 atom stereocenters. The predicted octanol–water partition coefficient (Wildman–Crippen LogP) is 7.39. The van der Waals surface area contributed by atoms with Gasteiger partial charge in [0.15, 0.2) is 0 Å². The van der Waals surface area contributed by atoms with Crippen LogP contribution in [0.15, 0.2) is 102 Å². The largest absolute Gasteiger partial charge is 0.354 e. The van der Waals surface area contributed by atoms with Gasteiger partial charge < -0.3 is 10.2 Å². The molecule has 4 aromatic rings. The highest BCUT2D eigenvalue weighted by Crippen LogP contribution is 2.29. The van der Waals surface area contributed by atoms with Crippen molar-refractivity contribution in [2.45, 2.75) is 37.8 Å². The molecule has 0 radical (unpaired) electrons. The molecule has 0 saturated carbocycles. The van der Waals surface area contributed by atoms with Gasteiger partial charge in [-0.2, -0.15) is 0 Å². The van der Waals surface area contributed by atoms with Gasteiger partial charge in [-0.15, -0.1) is 0 Å². The van der Waals surface area contributed by atoms with Crippen molar-refractivity contribution < 1.29 is 22.4 Å². The molecular weight excluding hydrogens is 672 g/mol. The Morgan fingerprint density at radius 1 is 0.848 bits per heavy atom. The molecule has 242 valence electrons. The number of hydrogen-bond donors (Lipinski definition) is 1. The SMILES string of the molecule is CC(C)CNC(=O)[C@@H](Cc1ccccc1)N(Cc1ccc(Cl)cc1Cl)C(=O)CN(c1ccc(F)c(Cl)c1)S(=O)(=O)c1ccccc1. The standard InChI is InChI=1S/C34H33Cl3FN3O4S/c1-23(2)20-39-34(43)32(17-24-9-5-3-6-10-24)40(21-25-13-14-26(35)18-29(25)36)33(42)22-41(27-15-16-31(38)30(37)19-27)46(44,45)28-11-7-4-8-12-28/h3-16,18-19,23,32H,17,20-22H2,1-2H3,(H,39,43)/t32-/m1/s1. The summed E-state index contributed by atoms with van der Waals surface area (Å²) in [5.74, 6) is -1.74. The molecule has 7 nitrogen and oxygen atoms in total. The second-order valence-corrected chi connectivity index (χ2v) is 14.1. The minimum atomic E-state index is -4.36. The second-order valence-electron chi connectivity index (χ2n) is 11.0. The van der Waals surface area contributed by atoms with E-state index >= 15 is 0 Å². The van der Waals surface area contributed by atoms with Gasteiger partial charge >= 0.3 is 0 Å². The third-order valence-corrected chi connectivity index (χ3v) is 9.78. The lowest BCUT2D eigenvalue weighted by atomic mass is 10.0. The van der Waals surface area contributed by atoms with E-state index in [1.165, 1.54) is 29.2 Å². The van der Waals surface area contributed by atoms with Gasteiger partial charge in [0.05, 0.1) is 15.6 Å². The molecule has 46 heavy (non-hydrogen) atoms. The van der Waals surface area contributed by atoms with E-state index in [9.17, 15) is 22.4 Å². The van der Waals surface area contributed by atoms with Gasteiger partial charge in [-0.25, -0.2) is 12.8 Å². The van der Waals surface area contributed by atoms with E-state index in [4.69, 9.17) is 34.8 Å². The van der Waals surface area contributed by atoms with Crippen molar-refractivity contribution in [3.8, 4) is 0 Å². The van der Waals surface area contributed by atoms with Crippen molar-refractivity contribution in [2.75, 3.05) is 17.4 Å². The molecule has 0 fully saturated rings. The molecule has 0 aliphatic heterocycles.